The van der Waals surface area contributed by atoms with Crippen LogP contribution in [0.25, 0.3) is 11.6 Å². The number of allylic oxidation sites excluding steroid dienone is 1. The van der Waals surface area contributed by atoms with Crippen LogP contribution in [0.15, 0.2) is 21.7 Å². The summed E-state index contributed by atoms with van der Waals surface area (Å²) in [7, 11) is 1.95. The summed E-state index contributed by atoms with van der Waals surface area (Å²) in [6.45, 7) is 3.93. The Labute approximate surface area is 122 Å². The van der Waals surface area contributed by atoms with Crippen LogP contribution in [0.2, 0.25) is 0 Å². The third-order valence-electron chi connectivity index (χ3n) is 2.58. The highest BCUT2D eigenvalue weighted by Crippen LogP contribution is 2.24. The Hall–Kier alpha value is -1.01. The van der Waals surface area contributed by atoms with E-state index in [1.54, 1.807) is 12.4 Å². The predicted molar refractivity (Wildman–Crippen MR) is 78.9 cm³/mol. The van der Waals surface area contributed by atoms with Gasteiger partial charge >= 0.3 is 0 Å². The monoisotopic (exact) mass is 370 g/mol. The summed E-state index contributed by atoms with van der Waals surface area (Å²) in [5.41, 5.74) is 3.81. The van der Waals surface area contributed by atoms with Crippen molar-refractivity contribution < 1.29 is 0 Å². The van der Waals surface area contributed by atoms with E-state index in [4.69, 9.17) is 0 Å². The van der Waals surface area contributed by atoms with Crippen molar-refractivity contribution in [3.63, 3.8) is 0 Å². The second kappa shape index (κ2) is 5.32. The van der Waals surface area contributed by atoms with Crippen molar-refractivity contribution in [3.8, 4) is 0 Å². The average Bonchev–Trinajstić information content (AvgIpc) is 2.57. The molecule has 0 bridgehead atoms. The number of aryl methyl sites for hydroxylation is 1. The Morgan fingerprint density at radius 3 is 2.50 bits per heavy atom. The molecule has 0 aliphatic rings. The van der Waals surface area contributed by atoms with Crippen LogP contribution in [0.4, 0.5) is 0 Å². The number of rotatable bonds is 2. The van der Waals surface area contributed by atoms with Gasteiger partial charge in [0.2, 0.25) is 0 Å². The lowest BCUT2D eigenvalue weighted by atomic mass is 10.2. The van der Waals surface area contributed by atoms with Gasteiger partial charge in [-0.05, 0) is 57.4 Å². The SMILES string of the molecule is C/C(=C\c1c(Br)nc(Br)n1C)c1cnc(C)cn1. The molecule has 0 atom stereocenters. The molecule has 0 aliphatic heterocycles. The van der Waals surface area contributed by atoms with E-state index in [0.717, 1.165) is 32.0 Å². The fraction of sp³-hybridized carbons (Fsp3) is 0.250. The van der Waals surface area contributed by atoms with Crippen molar-refractivity contribution in [2.75, 3.05) is 0 Å². The van der Waals surface area contributed by atoms with E-state index < -0.39 is 0 Å². The van der Waals surface area contributed by atoms with E-state index in [9.17, 15) is 0 Å². The summed E-state index contributed by atoms with van der Waals surface area (Å²) in [5.74, 6) is 0. The molecular formula is C12H12Br2N4. The molecular weight excluding hydrogens is 360 g/mol. The summed E-state index contributed by atoms with van der Waals surface area (Å²) < 4.78 is 3.54. The van der Waals surface area contributed by atoms with Crippen molar-refractivity contribution in [2.24, 2.45) is 7.05 Å². The topological polar surface area (TPSA) is 43.6 Å². The molecule has 0 saturated heterocycles. The zero-order valence-corrected chi connectivity index (χ0v) is 13.4. The number of hydrogen-bond acceptors (Lipinski definition) is 3. The number of halogens is 2. The van der Waals surface area contributed by atoms with Crippen LogP contribution in [-0.2, 0) is 7.05 Å². The van der Waals surface area contributed by atoms with Crippen LogP contribution in [0.5, 0.6) is 0 Å². The van der Waals surface area contributed by atoms with Crippen LogP contribution < -0.4 is 0 Å². The lowest BCUT2D eigenvalue weighted by molar-refractivity contribution is 0.871. The summed E-state index contributed by atoms with van der Waals surface area (Å²) in [6, 6.07) is 0. The van der Waals surface area contributed by atoms with Gasteiger partial charge in [-0.15, -0.1) is 0 Å². The molecule has 0 N–H and O–H groups in total. The van der Waals surface area contributed by atoms with Crippen LogP contribution in [0.1, 0.15) is 24.0 Å². The fourth-order valence-electron chi connectivity index (χ4n) is 1.48. The molecule has 0 amide bonds. The minimum atomic E-state index is 0.781. The molecule has 0 unspecified atom stereocenters. The third-order valence-corrected chi connectivity index (χ3v) is 3.87. The van der Waals surface area contributed by atoms with Gasteiger partial charge in [-0.1, -0.05) is 0 Å². The average molecular weight is 372 g/mol. The second-order valence-corrected chi connectivity index (χ2v) is 5.45. The van der Waals surface area contributed by atoms with Gasteiger partial charge in [0.1, 0.15) is 4.60 Å². The first kappa shape index (κ1) is 13.4. The molecule has 0 saturated carbocycles. The quantitative estimate of drug-likeness (QED) is 0.809. The highest BCUT2D eigenvalue weighted by molar-refractivity contribution is 9.11. The Balaban J connectivity index is 2.41. The summed E-state index contributed by atoms with van der Waals surface area (Å²) in [4.78, 5) is 12.9. The smallest absolute Gasteiger partial charge is 0.178 e. The van der Waals surface area contributed by atoms with E-state index in [0.29, 0.717) is 0 Å². The molecule has 94 valence electrons. The van der Waals surface area contributed by atoms with Crippen molar-refractivity contribution in [2.45, 2.75) is 13.8 Å². The van der Waals surface area contributed by atoms with E-state index >= 15 is 0 Å². The number of nitrogens with zero attached hydrogens (tertiary/aromatic N) is 4. The molecule has 2 aromatic heterocycles. The Morgan fingerprint density at radius 1 is 1.28 bits per heavy atom. The van der Waals surface area contributed by atoms with Crippen LogP contribution in [0.3, 0.4) is 0 Å². The van der Waals surface area contributed by atoms with Crippen LogP contribution in [-0.4, -0.2) is 19.5 Å². The van der Waals surface area contributed by atoms with E-state index in [-0.39, 0.29) is 0 Å². The number of aromatic nitrogens is 4. The van der Waals surface area contributed by atoms with Crippen LogP contribution in [0, 0.1) is 6.92 Å². The third kappa shape index (κ3) is 2.70. The van der Waals surface area contributed by atoms with Gasteiger partial charge in [0.05, 0.1) is 23.3 Å². The number of hydrogen-bond donors (Lipinski definition) is 0. The fourth-order valence-corrected chi connectivity index (χ4v) is 2.64. The molecule has 0 aliphatic carbocycles. The van der Waals surface area contributed by atoms with Gasteiger partial charge in [0.25, 0.3) is 0 Å². The highest BCUT2D eigenvalue weighted by Gasteiger charge is 2.09. The van der Waals surface area contributed by atoms with Crippen LogP contribution >= 0.6 is 31.9 Å². The van der Waals surface area contributed by atoms with E-state index in [1.807, 2.05) is 31.5 Å². The molecule has 0 radical (unpaired) electrons. The molecule has 2 rings (SSSR count). The highest BCUT2D eigenvalue weighted by atomic mass is 79.9. The van der Waals surface area contributed by atoms with E-state index in [1.165, 1.54) is 0 Å². The molecule has 0 aromatic carbocycles. The van der Waals surface area contributed by atoms with Gasteiger partial charge < -0.3 is 4.57 Å². The summed E-state index contributed by atoms with van der Waals surface area (Å²) in [6.07, 6.45) is 5.57. The first-order valence-electron chi connectivity index (χ1n) is 5.34. The Morgan fingerprint density at radius 2 is 2.00 bits per heavy atom. The molecule has 0 spiro atoms. The normalized spacial score (nSPS) is 11.9. The second-order valence-electron chi connectivity index (χ2n) is 3.99. The summed E-state index contributed by atoms with van der Waals surface area (Å²) in [5, 5.41) is 0. The van der Waals surface area contributed by atoms with Gasteiger partial charge in [-0.3, -0.25) is 9.97 Å². The molecule has 4 nitrogen and oxygen atoms in total. The Bertz CT molecular complexity index is 599. The lowest BCUT2D eigenvalue weighted by Crippen LogP contribution is -1.94. The minimum absolute atomic E-state index is 0.781. The van der Waals surface area contributed by atoms with Gasteiger partial charge in [-0.25, -0.2) is 4.98 Å². The number of imidazole rings is 1. The predicted octanol–water partition coefficient (Wildman–Crippen LogP) is 3.60. The largest absolute Gasteiger partial charge is 0.321 e. The standard InChI is InChI=1S/C12H12Br2N4/c1-7(9-6-15-8(2)5-16-9)4-10-11(13)17-12(14)18(10)3/h4-6H,1-3H3/b7-4+. The minimum Gasteiger partial charge on any atom is -0.321 e. The molecule has 2 heterocycles. The van der Waals surface area contributed by atoms with Crippen molar-refractivity contribution in [1.29, 1.82) is 0 Å². The maximum atomic E-state index is 4.35. The Kier molecular flexibility index (Phi) is 3.97. The maximum absolute atomic E-state index is 4.35. The molecule has 0 fully saturated rings. The first-order chi connectivity index (χ1) is 8.49. The zero-order valence-electron chi connectivity index (χ0n) is 10.3. The molecule has 2 aromatic rings. The van der Waals surface area contributed by atoms with Crippen molar-refractivity contribution in [1.82, 2.24) is 19.5 Å². The zero-order chi connectivity index (χ0) is 13.3. The lowest BCUT2D eigenvalue weighted by Gasteiger charge is -2.02. The maximum Gasteiger partial charge on any atom is 0.178 e. The van der Waals surface area contributed by atoms with Crippen molar-refractivity contribution in [3.05, 3.63) is 38.8 Å². The van der Waals surface area contributed by atoms with Crippen molar-refractivity contribution >= 4 is 43.5 Å². The molecule has 6 heteroatoms. The van der Waals surface area contributed by atoms with Gasteiger partial charge in [0.15, 0.2) is 4.73 Å². The van der Waals surface area contributed by atoms with E-state index in [2.05, 4.69) is 46.8 Å². The van der Waals surface area contributed by atoms with Gasteiger partial charge in [-0.2, -0.15) is 0 Å². The summed E-state index contributed by atoms with van der Waals surface area (Å²) >= 11 is 6.83. The molecule has 18 heavy (non-hydrogen) atoms. The van der Waals surface area contributed by atoms with Gasteiger partial charge in [0, 0.05) is 13.2 Å². The first-order valence-corrected chi connectivity index (χ1v) is 6.92.